The van der Waals surface area contributed by atoms with Gasteiger partial charge >= 0.3 is 5.97 Å². The second-order valence-corrected chi connectivity index (χ2v) is 7.01. The van der Waals surface area contributed by atoms with Crippen molar-refractivity contribution in [3.63, 3.8) is 0 Å². The molecule has 3 aromatic carbocycles. The molecule has 0 N–H and O–H groups in total. The van der Waals surface area contributed by atoms with E-state index in [1.165, 1.54) is 6.07 Å². The summed E-state index contributed by atoms with van der Waals surface area (Å²) in [6, 6.07) is 18.6. The third kappa shape index (κ3) is 4.28. The van der Waals surface area contributed by atoms with Crippen LogP contribution in [0.15, 0.2) is 75.9 Å². The molecule has 0 spiro atoms. The molecule has 1 heterocycles. The van der Waals surface area contributed by atoms with E-state index in [0.29, 0.717) is 33.8 Å². The van der Waals surface area contributed by atoms with Crippen LogP contribution in [0.4, 0.5) is 0 Å². The number of ether oxygens (including phenoxy) is 3. The van der Waals surface area contributed by atoms with Gasteiger partial charge in [0.05, 0.1) is 18.1 Å². The van der Waals surface area contributed by atoms with Gasteiger partial charge in [0, 0.05) is 6.07 Å². The fourth-order valence-electron chi connectivity index (χ4n) is 3.15. The number of hydrogen-bond acceptors (Lipinski definition) is 6. The molecular formula is C25H20O6. The van der Waals surface area contributed by atoms with Crippen molar-refractivity contribution in [2.75, 3.05) is 7.11 Å². The topological polar surface area (TPSA) is 75.0 Å². The lowest BCUT2D eigenvalue weighted by atomic mass is 10.1. The van der Waals surface area contributed by atoms with Crippen LogP contribution in [-0.4, -0.2) is 13.1 Å². The minimum Gasteiger partial charge on any atom is -0.497 e. The van der Waals surface area contributed by atoms with Gasteiger partial charge in [-0.3, -0.25) is 4.79 Å². The van der Waals surface area contributed by atoms with Crippen LogP contribution in [0.5, 0.6) is 23.0 Å². The molecule has 6 nitrogen and oxygen atoms in total. The molecule has 0 aliphatic heterocycles. The summed E-state index contributed by atoms with van der Waals surface area (Å²) in [5.41, 5.74) is 1.39. The predicted molar refractivity (Wildman–Crippen MR) is 116 cm³/mol. The van der Waals surface area contributed by atoms with Crippen molar-refractivity contribution in [1.29, 1.82) is 0 Å². The van der Waals surface area contributed by atoms with E-state index in [-0.39, 0.29) is 16.9 Å². The van der Waals surface area contributed by atoms with Crippen LogP contribution in [0.25, 0.3) is 11.0 Å². The Labute approximate surface area is 178 Å². The monoisotopic (exact) mass is 416 g/mol. The summed E-state index contributed by atoms with van der Waals surface area (Å²) in [4.78, 5) is 25.3. The number of benzene rings is 3. The molecule has 0 unspecified atom stereocenters. The van der Waals surface area contributed by atoms with E-state index >= 15 is 0 Å². The molecule has 0 atom stereocenters. The standard InChI is InChI=1S/C25H20O6/c1-15-5-4-6-17(13-15)25(27)31-20-11-12-21-22(14-20)29-16(2)24(23(21)26)30-19-9-7-18(28-3)8-10-19/h4-14H,1-3H3. The Kier molecular flexibility index (Phi) is 5.45. The molecule has 0 bridgehead atoms. The lowest BCUT2D eigenvalue weighted by molar-refractivity contribution is 0.0735. The van der Waals surface area contributed by atoms with E-state index in [1.54, 1.807) is 68.6 Å². The minimum atomic E-state index is -0.485. The highest BCUT2D eigenvalue weighted by Gasteiger charge is 2.16. The van der Waals surface area contributed by atoms with Crippen molar-refractivity contribution in [1.82, 2.24) is 0 Å². The molecule has 156 valence electrons. The van der Waals surface area contributed by atoms with Gasteiger partial charge in [-0.05, 0) is 62.4 Å². The first-order valence-electron chi connectivity index (χ1n) is 9.63. The molecule has 31 heavy (non-hydrogen) atoms. The Morgan fingerprint density at radius 2 is 1.58 bits per heavy atom. The van der Waals surface area contributed by atoms with Gasteiger partial charge in [-0.1, -0.05) is 17.7 Å². The lowest BCUT2D eigenvalue weighted by Gasteiger charge is -2.10. The lowest BCUT2D eigenvalue weighted by Crippen LogP contribution is -2.10. The number of carbonyl (C=O) groups excluding carboxylic acids is 1. The van der Waals surface area contributed by atoms with Gasteiger partial charge in [-0.2, -0.15) is 0 Å². The number of aryl methyl sites for hydroxylation is 2. The molecule has 6 heteroatoms. The first-order chi connectivity index (χ1) is 14.9. The van der Waals surface area contributed by atoms with E-state index < -0.39 is 5.97 Å². The van der Waals surface area contributed by atoms with Gasteiger partial charge in [-0.25, -0.2) is 4.79 Å². The average Bonchev–Trinajstić information content (AvgIpc) is 2.77. The van der Waals surface area contributed by atoms with E-state index in [0.717, 1.165) is 5.56 Å². The third-order valence-corrected chi connectivity index (χ3v) is 4.73. The van der Waals surface area contributed by atoms with E-state index in [9.17, 15) is 9.59 Å². The molecule has 0 amide bonds. The van der Waals surface area contributed by atoms with Gasteiger partial charge in [0.1, 0.15) is 28.6 Å². The summed E-state index contributed by atoms with van der Waals surface area (Å²) in [5, 5.41) is 0.324. The quantitative estimate of drug-likeness (QED) is 0.319. The molecule has 4 aromatic rings. The Bertz CT molecular complexity index is 1320. The first-order valence-corrected chi connectivity index (χ1v) is 9.63. The van der Waals surface area contributed by atoms with Gasteiger partial charge in [0.15, 0.2) is 0 Å². The second-order valence-electron chi connectivity index (χ2n) is 7.01. The average molecular weight is 416 g/mol. The third-order valence-electron chi connectivity index (χ3n) is 4.73. The number of fused-ring (bicyclic) bond motifs is 1. The van der Waals surface area contributed by atoms with Crippen LogP contribution in [0.1, 0.15) is 21.7 Å². The van der Waals surface area contributed by atoms with Crippen LogP contribution in [0.3, 0.4) is 0 Å². The van der Waals surface area contributed by atoms with Gasteiger partial charge < -0.3 is 18.6 Å². The van der Waals surface area contributed by atoms with Gasteiger partial charge in [0.25, 0.3) is 0 Å². The van der Waals surface area contributed by atoms with Crippen molar-refractivity contribution in [3.8, 4) is 23.0 Å². The molecule has 0 aliphatic rings. The largest absolute Gasteiger partial charge is 0.497 e. The van der Waals surface area contributed by atoms with Crippen molar-refractivity contribution in [2.24, 2.45) is 0 Å². The normalized spacial score (nSPS) is 10.7. The highest BCUT2D eigenvalue weighted by atomic mass is 16.5. The fraction of sp³-hybridized carbons (Fsp3) is 0.120. The molecule has 0 fully saturated rings. The summed E-state index contributed by atoms with van der Waals surface area (Å²) >= 11 is 0. The first kappa shape index (κ1) is 20.2. The summed E-state index contributed by atoms with van der Waals surface area (Å²) in [7, 11) is 1.57. The molecule has 0 aliphatic carbocycles. The minimum absolute atomic E-state index is 0.0992. The molecule has 1 aromatic heterocycles. The maximum Gasteiger partial charge on any atom is 0.343 e. The Morgan fingerprint density at radius 3 is 2.29 bits per heavy atom. The van der Waals surface area contributed by atoms with Crippen LogP contribution in [0.2, 0.25) is 0 Å². The maximum absolute atomic E-state index is 13.0. The SMILES string of the molecule is COc1ccc(Oc2c(C)oc3cc(OC(=O)c4cccc(C)c4)ccc3c2=O)cc1. The maximum atomic E-state index is 13.0. The van der Waals surface area contributed by atoms with E-state index in [2.05, 4.69) is 0 Å². The Balaban J connectivity index is 1.62. The fourth-order valence-corrected chi connectivity index (χ4v) is 3.15. The molecule has 0 saturated heterocycles. The molecule has 0 saturated carbocycles. The Hall–Kier alpha value is -4.06. The number of hydrogen-bond donors (Lipinski definition) is 0. The number of methoxy groups -OCH3 is 1. The highest BCUT2D eigenvalue weighted by Crippen LogP contribution is 2.28. The van der Waals surface area contributed by atoms with Gasteiger partial charge in [0.2, 0.25) is 11.2 Å². The summed E-state index contributed by atoms with van der Waals surface area (Å²) in [6.07, 6.45) is 0. The zero-order valence-electron chi connectivity index (χ0n) is 17.3. The van der Waals surface area contributed by atoms with Crippen LogP contribution < -0.4 is 19.6 Å². The van der Waals surface area contributed by atoms with Crippen molar-refractivity contribution < 1.29 is 23.4 Å². The van der Waals surface area contributed by atoms with E-state index in [4.69, 9.17) is 18.6 Å². The van der Waals surface area contributed by atoms with Crippen LogP contribution >= 0.6 is 0 Å². The molecule has 0 radical (unpaired) electrons. The van der Waals surface area contributed by atoms with Crippen molar-refractivity contribution >= 4 is 16.9 Å². The molecule has 4 rings (SSSR count). The van der Waals surface area contributed by atoms with Crippen LogP contribution in [-0.2, 0) is 0 Å². The zero-order valence-corrected chi connectivity index (χ0v) is 17.3. The second kappa shape index (κ2) is 8.36. The number of esters is 1. The highest BCUT2D eigenvalue weighted by molar-refractivity contribution is 5.91. The van der Waals surface area contributed by atoms with Gasteiger partial charge in [-0.15, -0.1) is 0 Å². The number of carbonyl (C=O) groups is 1. The Morgan fingerprint density at radius 1 is 0.871 bits per heavy atom. The smallest absolute Gasteiger partial charge is 0.343 e. The van der Waals surface area contributed by atoms with E-state index in [1.807, 2.05) is 13.0 Å². The molecular weight excluding hydrogens is 396 g/mol. The zero-order chi connectivity index (χ0) is 22.0. The van der Waals surface area contributed by atoms with Crippen molar-refractivity contribution in [3.05, 3.63) is 93.8 Å². The summed E-state index contributed by atoms with van der Waals surface area (Å²) < 4.78 is 22.1. The van der Waals surface area contributed by atoms with Crippen LogP contribution in [0, 0.1) is 13.8 Å². The number of rotatable bonds is 5. The summed E-state index contributed by atoms with van der Waals surface area (Å²) in [5.74, 6) is 1.38. The van der Waals surface area contributed by atoms with Crippen molar-refractivity contribution in [2.45, 2.75) is 13.8 Å². The predicted octanol–water partition coefficient (Wildman–Crippen LogP) is 5.43. The summed E-state index contributed by atoms with van der Waals surface area (Å²) in [6.45, 7) is 3.54.